The zero-order valence-corrected chi connectivity index (χ0v) is 10.9. The molecule has 0 radical (unpaired) electrons. The molecule has 0 amide bonds. The van der Waals surface area contributed by atoms with Gasteiger partial charge >= 0.3 is 6.18 Å². The van der Waals surface area contributed by atoms with E-state index in [1.807, 2.05) is 0 Å². The Morgan fingerprint density at radius 3 is 2.94 bits per heavy atom. The smallest absolute Gasteiger partial charge is 0.374 e. The van der Waals surface area contributed by atoms with Crippen molar-refractivity contribution in [2.45, 2.75) is 12.3 Å². The third kappa shape index (κ3) is 3.11. The average molecular weight is 326 g/mol. The van der Waals surface area contributed by atoms with Crippen molar-refractivity contribution in [3.8, 4) is 0 Å². The molecule has 1 saturated heterocycles. The summed E-state index contributed by atoms with van der Waals surface area (Å²) in [5.74, 6) is 0.0964. The molecule has 1 aliphatic heterocycles. The minimum atomic E-state index is -4.45. The molecule has 8 heteroatoms. The second-order valence-corrected chi connectivity index (χ2v) is 4.48. The summed E-state index contributed by atoms with van der Waals surface area (Å²) in [6.07, 6.45) is -3.38. The van der Waals surface area contributed by atoms with E-state index in [2.05, 4.69) is 25.9 Å². The van der Waals surface area contributed by atoms with Crippen molar-refractivity contribution in [3.05, 3.63) is 18.0 Å². The maximum absolute atomic E-state index is 12.5. The van der Waals surface area contributed by atoms with Crippen LogP contribution in [0.2, 0.25) is 0 Å². The molecule has 1 unspecified atom stereocenters. The van der Waals surface area contributed by atoms with Gasteiger partial charge in [0.1, 0.15) is 5.69 Å². The number of alkyl halides is 4. The van der Waals surface area contributed by atoms with Crippen LogP contribution in [0.5, 0.6) is 0 Å². The van der Waals surface area contributed by atoms with Crippen LogP contribution in [-0.2, 0) is 10.9 Å². The molecule has 100 valence electrons. The summed E-state index contributed by atoms with van der Waals surface area (Å²) < 4.78 is 43.0. The lowest BCUT2D eigenvalue weighted by molar-refractivity contribution is -0.141. The van der Waals surface area contributed by atoms with Crippen LogP contribution in [-0.4, -0.2) is 41.1 Å². The first-order valence-electron chi connectivity index (χ1n) is 5.33. The lowest BCUT2D eigenvalue weighted by Gasteiger charge is -2.32. The number of rotatable bonds is 2. The average Bonchev–Trinajstić information content (AvgIpc) is 2.38. The zero-order valence-electron chi connectivity index (χ0n) is 9.32. The highest BCUT2D eigenvalue weighted by Crippen LogP contribution is 2.28. The Balaban J connectivity index is 2.18. The fraction of sp³-hybridized carbons (Fsp3) is 0.600. The Labute approximate surface area is 110 Å². The lowest BCUT2D eigenvalue weighted by Crippen LogP contribution is -2.44. The third-order valence-corrected chi connectivity index (χ3v) is 3.25. The van der Waals surface area contributed by atoms with Crippen LogP contribution in [0, 0.1) is 0 Å². The van der Waals surface area contributed by atoms with Crippen molar-refractivity contribution in [2.75, 3.05) is 29.9 Å². The van der Waals surface area contributed by atoms with Crippen LogP contribution in [0.25, 0.3) is 0 Å². The summed E-state index contributed by atoms with van der Waals surface area (Å²) >= 11 is 3.28. The van der Waals surface area contributed by atoms with Crippen LogP contribution >= 0.6 is 15.9 Å². The second-order valence-electron chi connectivity index (χ2n) is 3.83. The maximum Gasteiger partial charge on any atom is 0.433 e. The van der Waals surface area contributed by atoms with E-state index in [1.165, 1.54) is 0 Å². The number of hydrogen-bond acceptors (Lipinski definition) is 4. The van der Waals surface area contributed by atoms with Gasteiger partial charge in [0.25, 0.3) is 0 Å². The van der Waals surface area contributed by atoms with Crippen molar-refractivity contribution in [1.29, 1.82) is 0 Å². The highest BCUT2D eigenvalue weighted by atomic mass is 79.9. The molecule has 1 aromatic heterocycles. The van der Waals surface area contributed by atoms with Gasteiger partial charge in [-0.25, -0.2) is 9.97 Å². The molecule has 1 aromatic rings. The Kier molecular flexibility index (Phi) is 4.06. The fourth-order valence-electron chi connectivity index (χ4n) is 1.65. The fourth-order valence-corrected chi connectivity index (χ4v) is 2.04. The van der Waals surface area contributed by atoms with Crippen molar-refractivity contribution < 1.29 is 17.9 Å². The molecular weight excluding hydrogens is 315 g/mol. The molecular formula is C10H11BrF3N3O. The van der Waals surface area contributed by atoms with Gasteiger partial charge in [-0.1, -0.05) is 15.9 Å². The first kappa shape index (κ1) is 13.5. The van der Waals surface area contributed by atoms with Gasteiger partial charge < -0.3 is 9.64 Å². The largest absolute Gasteiger partial charge is 0.433 e. The molecule has 0 bridgehead atoms. The van der Waals surface area contributed by atoms with Crippen LogP contribution in [0.3, 0.4) is 0 Å². The molecule has 2 rings (SSSR count). The molecule has 2 heterocycles. The Hall–Kier alpha value is -0.890. The minimum absolute atomic E-state index is 0.0584. The van der Waals surface area contributed by atoms with Gasteiger partial charge in [-0.15, -0.1) is 0 Å². The Morgan fingerprint density at radius 2 is 2.28 bits per heavy atom. The van der Waals surface area contributed by atoms with Crippen molar-refractivity contribution in [2.24, 2.45) is 0 Å². The molecule has 18 heavy (non-hydrogen) atoms. The minimum Gasteiger partial charge on any atom is -0.374 e. The standard InChI is InChI=1S/C10H11BrF3N3O/c11-5-7-6-17(3-4-18-7)9-15-2-1-8(16-9)10(12,13)14/h1-2,7H,3-6H2. The third-order valence-electron chi connectivity index (χ3n) is 2.53. The normalized spacial score (nSPS) is 21.1. The number of nitrogens with zero attached hydrogens (tertiary/aromatic N) is 3. The molecule has 0 aliphatic carbocycles. The summed E-state index contributed by atoms with van der Waals surface area (Å²) in [6.45, 7) is 1.42. The van der Waals surface area contributed by atoms with Gasteiger partial charge in [0.15, 0.2) is 0 Å². The quantitative estimate of drug-likeness (QED) is 0.780. The Morgan fingerprint density at radius 1 is 1.50 bits per heavy atom. The van der Waals surface area contributed by atoms with E-state index in [4.69, 9.17) is 4.74 Å². The van der Waals surface area contributed by atoms with E-state index in [-0.39, 0.29) is 12.1 Å². The molecule has 4 nitrogen and oxygen atoms in total. The summed E-state index contributed by atoms with van der Waals surface area (Å²) in [7, 11) is 0. The van der Waals surface area contributed by atoms with Crippen molar-refractivity contribution >= 4 is 21.9 Å². The van der Waals surface area contributed by atoms with E-state index in [1.54, 1.807) is 4.90 Å². The Bertz CT molecular complexity index is 416. The van der Waals surface area contributed by atoms with Crippen molar-refractivity contribution in [1.82, 2.24) is 9.97 Å². The van der Waals surface area contributed by atoms with Crippen LogP contribution in [0.15, 0.2) is 12.3 Å². The van der Waals surface area contributed by atoms with Gasteiger partial charge in [-0.05, 0) is 6.07 Å². The SMILES string of the molecule is FC(F)(F)c1ccnc(N2CCOC(CBr)C2)n1. The molecule has 0 spiro atoms. The number of halogens is 4. The van der Waals surface area contributed by atoms with Gasteiger partial charge in [0.2, 0.25) is 5.95 Å². The number of ether oxygens (including phenoxy) is 1. The van der Waals surface area contributed by atoms with E-state index in [9.17, 15) is 13.2 Å². The number of anilines is 1. The summed E-state index contributed by atoms with van der Waals surface area (Å²) in [5, 5.41) is 0.627. The van der Waals surface area contributed by atoms with Crippen LogP contribution < -0.4 is 4.90 Å². The van der Waals surface area contributed by atoms with Gasteiger partial charge in [0, 0.05) is 24.6 Å². The topological polar surface area (TPSA) is 38.2 Å². The lowest BCUT2D eigenvalue weighted by atomic mass is 10.3. The zero-order chi connectivity index (χ0) is 13.2. The number of morpholine rings is 1. The van der Waals surface area contributed by atoms with Crippen LogP contribution in [0.1, 0.15) is 5.69 Å². The maximum atomic E-state index is 12.5. The monoisotopic (exact) mass is 325 g/mol. The molecule has 1 fully saturated rings. The molecule has 1 atom stereocenters. The highest BCUT2D eigenvalue weighted by molar-refractivity contribution is 9.09. The highest BCUT2D eigenvalue weighted by Gasteiger charge is 2.33. The van der Waals surface area contributed by atoms with Gasteiger partial charge in [-0.2, -0.15) is 13.2 Å². The first-order chi connectivity index (χ1) is 8.50. The van der Waals surface area contributed by atoms with E-state index in [0.717, 1.165) is 12.3 Å². The van der Waals surface area contributed by atoms with Crippen molar-refractivity contribution in [3.63, 3.8) is 0 Å². The molecule has 0 N–H and O–H groups in total. The van der Waals surface area contributed by atoms with Gasteiger partial charge in [-0.3, -0.25) is 0 Å². The summed E-state index contributed by atoms with van der Waals surface area (Å²) in [5.41, 5.74) is -0.922. The van der Waals surface area contributed by atoms with E-state index >= 15 is 0 Å². The predicted octanol–water partition coefficient (Wildman–Crippen LogP) is 2.10. The molecule has 1 aliphatic rings. The van der Waals surface area contributed by atoms with Gasteiger partial charge in [0.05, 0.1) is 12.7 Å². The second kappa shape index (κ2) is 5.40. The summed E-state index contributed by atoms with van der Waals surface area (Å²) in [6, 6.07) is 0.867. The van der Waals surface area contributed by atoms with E-state index < -0.39 is 11.9 Å². The molecule has 0 aromatic carbocycles. The number of hydrogen-bond donors (Lipinski definition) is 0. The summed E-state index contributed by atoms with van der Waals surface area (Å²) in [4.78, 5) is 9.14. The van der Waals surface area contributed by atoms with E-state index in [0.29, 0.717) is 25.0 Å². The first-order valence-corrected chi connectivity index (χ1v) is 6.45. The molecule has 0 saturated carbocycles. The predicted molar refractivity (Wildman–Crippen MR) is 62.8 cm³/mol. The number of aromatic nitrogens is 2. The van der Waals surface area contributed by atoms with Crippen LogP contribution in [0.4, 0.5) is 19.1 Å².